The van der Waals surface area contributed by atoms with E-state index < -0.39 is 22.9 Å². The number of nitrogen functional groups attached to an aromatic ring is 1. The van der Waals surface area contributed by atoms with Gasteiger partial charge in [0.25, 0.3) is 0 Å². The lowest BCUT2D eigenvalue weighted by atomic mass is 9.53. The number of amides is 2. The maximum absolute atomic E-state index is 14.5. The van der Waals surface area contributed by atoms with E-state index in [9.17, 15) is 9.59 Å². The number of fused-ring (bicyclic) bond motifs is 3. The van der Waals surface area contributed by atoms with E-state index >= 15 is 0 Å². The van der Waals surface area contributed by atoms with Gasteiger partial charge in [-0.1, -0.05) is 62.4 Å². The number of hydrogen-bond acceptors (Lipinski definition) is 4. The normalized spacial score (nSPS) is 29.4. The molecule has 3 atom stereocenters. The number of nitrogens with one attached hydrogen (secondary N) is 3. The summed E-state index contributed by atoms with van der Waals surface area (Å²) in [5.74, 6) is -0.657. The minimum Gasteiger partial charge on any atom is -0.399 e. The number of rotatable bonds is 3. The molecule has 0 unspecified atom stereocenters. The Hall–Kier alpha value is -2.28. The van der Waals surface area contributed by atoms with Crippen molar-refractivity contribution in [3.63, 3.8) is 0 Å². The van der Waals surface area contributed by atoms with Crippen LogP contribution in [0.3, 0.4) is 0 Å². The van der Waals surface area contributed by atoms with Gasteiger partial charge < -0.3 is 16.4 Å². The first-order valence-corrected chi connectivity index (χ1v) is 15.1. The van der Waals surface area contributed by atoms with Crippen LogP contribution in [-0.4, -0.2) is 29.4 Å². The SMILES string of the molecule is CC1(C)CCC2(CC1)N[C@@H](C(=O)NC1CCCCC1)[C@H](c1cc(N)cc(Cl)c1)[C@]21C(=O)Nc2cc(Cl)ccc21. The second-order valence-corrected chi connectivity index (χ2v) is 13.8. The average Bonchev–Trinajstić information content (AvgIpc) is 3.34. The monoisotopic (exact) mass is 568 g/mol. The molecule has 1 saturated heterocycles. The molecule has 2 heterocycles. The highest BCUT2D eigenvalue weighted by Gasteiger charge is 2.72. The first-order chi connectivity index (χ1) is 18.5. The minimum absolute atomic E-state index is 0.0539. The highest BCUT2D eigenvalue weighted by molar-refractivity contribution is 6.31. The van der Waals surface area contributed by atoms with E-state index in [4.69, 9.17) is 28.9 Å². The zero-order chi connectivity index (χ0) is 27.6. The van der Waals surface area contributed by atoms with Crippen molar-refractivity contribution in [2.24, 2.45) is 5.41 Å². The number of carbonyl (C=O) groups excluding carboxylic acids is 2. The molecule has 8 heteroatoms. The smallest absolute Gasteiger partial charge is 0.238 e. The minimum atomic E-state index is -1.03. The fourth-order valence-electron chi connectivity index (χ4n) is 8.04. The molecule has 2 saturated carbocycles. The van der Waals surface area contributed by atoms with Crippen molar-refractivity contribution in [2.75, 3.05) is 11.1 Å². The van der Waals surface area contributed by atoms with Crippen LogP contribution < -0.4 is 21.7 Å². The summed E-state index contributed by atoms with van der Waals surface area (Å²) in [5, 5.41) is 11.4. The first-order valence-electron chi connectivity index (χ1n) is 14.3. The van der Waals surface area contributed by atoms with Crippen molar-refractivity contribution in [2.45, 2.75) is 101 Å². The van der Waals surface area contributed by atoms with E-state index in [1.807, 2.05) is 30.3 Å². The maximum Gasteiger partial charge on any atom is 0.238 e. The molecule has 5 N–H and O–H groups in total. The zero-order valence-electron chi connectivity index (χ0n) is 22.7. The molecular weight excluding hydrogens is 531 g/mol. The standard InChI is InChI=1S/C31H38Cl2N4O2/c1-29(2)10-12-30(13-11-29)31(23-9-8-19(32)17-24(23)36-28(31)39)25(18-14-20(33)16-21(34)15-18)26(37-30)27(38)35-22-6-4-3-5-7-22/h8-9,14-17,22,25-26,37H,3-7,10-13,34H2,1-2H3,(H,35,38)(H,36,39)/t25-,26+,31+/m0/s1. The van der Waals surface area contributed by atoms with Crippen molar-refractivity contribution >= 4 is 46.4 Å². The molecule has 2 amide bonds. The summed E-state index contributed by atoms with van der Waals surface area (Å²) in [7, 11) is 0. The van der Waals surface area contributed by atoms with Crippen LogP contribution >= 0.6 is 23.2 Å². The number of halogens is 2. The van der Waals surface area contributed by atoms with Gasteiger partial charge in [-0.3, -0.25) is 14.9 Å². The van der Waals surface area contributed by atoms with Gasteiger partial charge in [0, 0.05) is 38.9 Å². The van der Waals surface area contributed by atoms with Gasteiger partial charge in [0.1, 0.15) is 5.41 Å². The average molecular weight is 570 g/mol. The van der Waals surface area contributed by atoms with Crippen LogP contribution in [0, 0.1) is 5.41 Å². The van der Waals surface area contributed by atoms with E-state index in [1.165, 1.54) is 6.42 Å². The Balaban J connectivity index is 1.56. The summed E-state index contributed by atoms with van der Waals surface area (Å²) in [4.78, 5) is 28.8. The number of anilines is 2. The second-order valence-electron chi connectivity index (χ2n) is 13.0. The molecule has 0 radical (unpaired) electrons. The van der Waals surface area contributed by atoms with Gasteiger partial charge in [-0.05, 0) is 85.4 Å². The highest BCUT2D eigenvalue weighted by atomic mass is 35.5. The molecule has 0 bridgehead atoms. The largest absolute Gasteiger partial charge is 0.399 e. The number of benzene rings is 2. The molecule has 3 fully saturated rings. The summed E-state index contributed by atoms with van der Waals surface area (Å²) in [6, 6.07) is 10.6. The predicted octanol–water partition coefficient (Wildman–Crippen LogP) is 6.31. The Bertz CT molecular complexity index is 1290. The van der Waals surface area contributed by atoms with Crippen LogP contribution in [-0.2, 0) is 15.0 Å². The molecule has 2 aromatic rings. The van der Waals surface area contributed by atoms with Gasteiger partial charge in [0.2, 0.25) is 11.8 Å². The van der Waals surface area contributed by atoms with Crippen LogP contribution in [0.25, 0.3) is 0 Å². The van der Waals surface area contributed by atoms with Crippen LogP contribution in [0.4, 0.5) is 11.4 Å². The van der Waals surface area contributed by atoms with E-state index in [0.717, 1.165) is 62.5 Å². The third-order valence-corrected chi connectivity index (χ3v) is 10.4. The van der Waals surface area contributed by atoms with E-state index in [2.05, 4.69) is 29.8 Å². The van der Waals surface area contributed by atoms with Gasteiger partial charge in [-0.2, -0.15) is 0 Å². The van der Waals surface area contributed by atoms with Gasteiger partial charge >= 0.3 is 0 Å². The Labute approximate surface area is 240 Å². The van der Waals surface area contributed by atoms with E-state index in [0.29, 0.717) is 21.4 Å². The van der Waals surface area contributed by atoms with Crippen molar-refractivity contribution < 1.29 is 9.59 Å². The topological polar surface area (TPSA) is 96.2 Å². The quantitative estimate of drug-likeness (QED) is 0.326. The van der Waals surface area contributed by atoms with Crippen molar-refractivity contribution in [3.8, 4) is 0 Å². The lowest BCUT2D eigenvalue weighted by Crippen LogP contribution is -2.61. The predicted molar refractivity (Wildman–Crippen MR) is 157 cm³/mol. The number of carbonyl (C=O) groups is 2. The maximum atomic E-state index is 14.5. The molecular formula is C31H38Cl2N4O2. The molecule has 2 aromatic carbocycles. The van der Waals surface area contributed by atoms with E-state index in [1.54, 1.807) is 6.07 Å². The lowest BCUT2D eigenvalue weighted by molar-refractivity contribution is -0.125. The van der Waals surface area contributed by atoms with Crippen molar-refractivity contribution in [3.05, 3.63) is 57.6 Å². The third-order valence-electron chi connectivity index (χ3n) is 9.99. The third kappa shape index (κ3) is 4.34. The molecule has 6 rings (SSSR count). The summed E-state index contributed by atoms with van der Waals surface area (Å²) >= 11 is 13.0. The zero-order valence-corrected chi connectivity index (χ0v) is 24.2. The Morgan fingerprint density at radius 2 is 1.69 bits per heavy atom. The van der Waals surface area contributed by atoms with Crippen LogP contribution in [0.2, 0.25) is 10.0 Å². The van der Waals surface area contributed by atoms with E-state index in [-0.39, 0.29) is 23.3 Å². The molecule has 2 aliphatic heterocycles. The van der Waals surface area contributed by atoms with Crippen molar-refractivity contribution in [1.29, 1.82) is 0 Å². The van der Waals surface area contributed by atoms with Crippen LogP contribution in [0.1, 0.15) is 88.7 Å². The Morgan fingerprint density at radius 1 is 0.974 bits per heavy atom. The van der Waals surface area contributed by atoms with Gasteiger partial charge in [-0.15, -0.1) is 0 Å². The molecule has 0 aromatic heterocycles. The van der Waals surface area contributed by atoms with Crippen LogP contribution in [0.15, 0.2) is 36.4 Å². The van der Waals surface area contributed by atoms with Gasteiger partial charge in [0.15, 0.2) is 0 Å². The fourth-order valence-corrected chi connectivity index (χ4v) is 8.46. The molecule has 4 aliphatic rings. The highest BCUT2D eigenvalue weighted by Crippen LogP contribution is 2.63. The molecule has 208 valence electrons. The molecule has 2 aliphatic carbocycles. The van der Waals surface area contributed by atoms with Gasteiger partial charge in [0.05, 0.1) is 6.04 Å². The number of hydrogen-bond donors (Lipinski definition) is 4. The summed E-state index contributed by atoms with van der Waals surface area (Å²) in [5.41, 5.74) is 7.74. The van der Waals surface area contributed by atoms with Crippen LogP contribution in [0.5, 0.6) is 0 Å². The molecule has 6 nitrogen and oxygen atoms in total. The van der Waals surface area contributed by atoms with Gasteiger partial charge in [-0.25, -0.2) is 0 Å². The molecule has 2 spiro atoms. The molecule has 39 heavy (non-hydrogen) atoms. The summed E-state index contributed by atoms with van der Waals surface area (Å²) in [6.45, 7) is 4.57. The Kier molecular flexibility index (Phi) is 6.68. The second kappa shape index (κ2) is 9.67. The summed E-state index contributed by atoms with van der Waals surface area (Å²) < 4.78 is 0. The summed E-state index contributed by atoms with van der Waals surface area (Å²) in [6.07, 6.45) is 8.86. The number of nitrogens with two attached hydrogens (primary N) is 1. The first kappa shape index (κ1) is 26.9. The fraction of sp³-hybridized carbons (Fsp3) is 0.548. The van der Waals surface area contributed by atoms with Crippen molar-refractivity contribution in [1.82, 2.24) is 10.6 Å². The Morgan fingerprint density at radius 3 is 2.38 bits per heavy atom. The lowest BCUT2D eigenvalue weighted by Gasteiger charge is -2.50.